The SMILES string of the molecule is CCCN(CC)CCCS. The van der Waals surface area contributed by atoms with Gasteiger partial charge in [0.25, 0.3) is 0 Å². The molecule has 0 fully saturated rings. The van der Waals surface area contributed by atoms with Crippen molar-refractivity contribution < 1.29 is 0 Å². The van der Waals surface area contributed by atoms with Crippen molar-refractivity contribution >= 4 is 12.6 Å². The van der Waals surface area contributed by atoms with Crippen molar-refractivity contribution in [1.82, 2.24) is 4.90 Å². The summed E-state index contributed by atoms with van der Waals surface area (Å²) >= 11 is 4.18. The first-order valence-electron chi connectivity index (χ1n) is 4.18. The fraction of sp³-hybridized carbons (Fsp3) is 1.00. The van der Waals surface area contributed by atoms with E-state index in [9.17, 15) is 0 Å². The molecule has 0 spiro atoms. The molecule has 0 unspecified atom stereocenters. The van der Waals surface area contributed by atoms with Gasteiger partial charge in [-0.3, -0.25) is 0 Å². The Morgan fingerprint density at radius 1 is 1.20 bits per heavy atom. The van der Waals surface area contributed by atoms with Gasteiger partial charge < -0.3 is 4.90 Å². The largest absolute Gasteiger partial charge is 0.304 e. The van der Waals surface area contributed by atoms with Gasteiger partial charge in [-0.25, -0.2) is 0 Å². The maximum absolute atomic E-state index is 4.18. The molecule has 0 heterocycles. The summed E-state index contributed by atoms with van der Waals surface area (Å²) < 4.78 is 0. The standard InChI is InChI=1S/C8H19NS/c1-3-6-9(4-2)7-5-8-10/h10H,3-8H2,1-2H3. The van der Waals surface area contributed by atoms with Gasteiger partial charge in [0.1, 0.15) is 0 Å². The Balaban J connectivity index is 3.21. The molecule has 0 aliphatic heterocycles. The highest BCUT2D eigenvalue weighted by Gasteiger charge is 1.97. The third-order valence-electron chi connectivity index (χ3n) is 1.62. The highest BCUT2D eigenvalue weighted by molar-refractivity contribution is 7.80. The molecule has 0 aromatic heterocycles. The van der Waals surface area contributed by atoms with Crippen LogP contribution >= 0.6 is 12.6 Å². The summed E-state index contributed by atoms with van der Waals surface area (Å²) in [5.41, 5.74) is 0. The Kier molecular flexibility index (Phi) is 7.65. The maximum atomic E-state index is 4.18. The molecule has 0 aromatic carbocycles. The molecule has 0 aliphatic rings. The molecule has 0 N–H and O–H groups in total. The van der Waals surface area contributed by atoms with Crippen LogP contribution in [0.4, 0.5) is 0 Å². The van der Waals surface area contributed by atoms with Crippen molar-refractivity contribution in [3.05, 3.63) is 0 Å². The molecule has 62 valence electrons. The molecule has 0 bridgehead atoms. The van der Waals surface area contributed by atoms with E-state index in [1.54, 1.807) is 0 Å². The zero-order chi connectivity index (χ0) is 7.82. The van der Waals surface area contributed by atoms with Crippen LogP contribution in [-0.2, 0) is 0 Å². The highest BCUT2D eigenvalue weighted by Crippen LogP contribution is 1.93. The van der Waals surface area contributed by atoms with E-state index in [0.717, 1.165) is 5.75 Å². The Morgan fingerprint density at radius 3 is 2.30 bits per heavy atom. The molecular weight excluding hydrogens is 142 g/mol. The van der Waals surface area contributed by atoms with E-state index in [1.165, 1.54) is 32.5 Å². The molecule has 0 amide bonds. The topological polar surface area (TPSA) is 3.24 Å². The molecular formula is C8H19NS. The zero-order valence-electron chi connectivity index (χ0n) is 7.14. The second-order valence-electron chi connectivity index (χ2n) is 2.51. The van der Waals surface area contributed by atoms with E-state index >= 15 is 0 Å². The maximum Gasteiger partial charge on any atom is -0.00111 e. The fourth-order valence-corrected chi connectivity index (χ4v) is 1.18. The monoisotopic (exact) mass is 161 g/mol. The van der Waals surface area contributed by atoms with E-state index in [4.69, 9.17) is 0 Å². The van der Waals surface area contributed by atoms with Crippen LogP contribution < -0.4 is 0 Å². The predicted octanol–water partition coefficient (Wildman–Crippen LogP) is 2.04. The van der Waals surface area contributed by atoms with Gasteiger partial charge in [-0.15, -0.1) is 0 Å². The van der Waals surface area contributed by atoms with Gasteiger partial charge >= 0.3 is 0 Å². The summed E-state index contributed by atoms with van der Waals surface area (Å²) in [6.45, 7) is 8.08. The molecule has 0 saturated heterocycles. The summed E-state index contributed by atoms with van der Waals surface area (Å²) in [4.78, 5) is 2.47. The van der Waals surface area contributed by atoms with Crippen LogP contribution in [-0.4, -0.2) is 30.3 Å². The Bertz CT molecular complexity index is 66.3. The Hall–Kier alpha value is 0.310. The smallest absolute Gasteiger partial charge is 0.00111 e. The molecule has 0 atom stereocenters. The van der Waals surface area contributed by atoms with Crippen molar-refractivity contribution in [2.45, 2.75) is 26.7 Å². The lowest BCUT2D eigenvalue weighted by molar-refractivity contribution is 0.290. The number of hydrogen-bond donors (Lipinski definition) is 1. The average Bonchev–Trinajstić information content (AvgIpc) is 1.98. The van der Waals surface area contributed by atoms with E-state index < -0.39 is 0 Å². The minimum absolute atomic E-state index is 1.01. The number of rotatable bonds is 6. The lowest BCUT2D eigenvalue weighted by Crippen LogP contribution is -2.25. The first-order valence-corrected chi connectivity index (χ1v) is 4.81. The summed E-state index contributed by atoms with van der Waals surface area (Å²) in [7, 11) is 0. The van der Waals surface area contributed by atoms with E-state index in [0.29, 0.717) is 0 Å². The summed E-state index contributed by atoms with van der Waals surface area (Å²) in [6, 6.07) is 0. The first-order chi connectivity index (χ1) is 4.85. The Labute approximate surface area is 70.2 Å². The van der Waals surface area contributed by atoms with E-state index in [2.05, 4.69) is 31.4 Å². The second kappa shape index (κ2) is 7.42. The van der Waals surface area contributed by atoms with E-state index in [1.807, 2.05) is 0 Å². The lowest BCUT2D eigenvalue weighted by Gasteiger charge is -2.18. The molecule has 1 nitrogen and oxygen atoms in total. The van der Waals surface area contributed by atoms with Crippen LogP contribution in [0.3, 0.4) is 0 Å². The quantitative estimate of drug-likeness (QED) is 0.583. The average molecular weight is 161 g/mol. The first kappa shape index (κ1) is 10.3. The van der Waals surface area contributed by atoms with Crippen LogP contribution in [0.5, 0.6) is 0 Å². The second-order valence-corrected chi connectivity index (χ2v) is 2.96. The molecule has 0 saturated carbocycles. The molecule has 10 heavy (non-hydrogen) atoms. The van der Waals surface area contributed by atoms with Crippen molar-refractivity contribution in [3.63, 3.8) is 0 Å². The highest BCUT2D eigenvalue weighted by atomic mass is 32.1. The summed E-state index contributed by atoms with van der Waals surface area (Å²) in [6.07, 6.45) is 2.48. The van der Waals surface area contributed by atoms with Crippen LogP contribution in [0.2, 0.25) is 0 Å². The van der Waals surface area contributed by atoms with Gasteiger partial charge in [0.2, 0.25) is 0 Å². The molecule has 2 heteroatoms. The fourth-order valence-electron chi connectivity index (χ4n) is 1.04. The third-order valence-corrected chi connectivity index (χ3v) is 1.94. The van der Waals surface area contributed by atoms with Crippen LogP contribution in [0, 0.1) is 0 Å². The third kappa shape index (κ3) is 5.12. The van der Waals surface area contributed by atoms with Gasteiger partial charge in [-0.2, -0.15) is 12.6 Å². The van der Waals surface area contributed by atoms with E-state index in [-0.39, 0.29) is 0 Å². The Morgan fingerprint density at radius 2 is 1.90 bits per heavy atom. The van der Waals surface area contributed by atoms with Gasteiger partial charge in [0, 0.05) is 0 Å². The van der Waals surface area contributed by atoms with Crippen molar-refractivity contribution in [2.24, 2.45) is 0 Å². The zero-order valence-corrected chi connectivity index (χ0v) is 8.03. The van der Waals surface area contributed by atoms with Crippen molar-refractivity contribution in [2.75, 3.05) is 25.4 Å². The molecule has 0 radical (unpaired) electrons. The van der Waals surface area contributed by atoms with Gasteiger partial charge in [0.15, 0.2) is 0 Å². The van der Waals surface area contributed by atoms with Gasteiger partial charge in [0.05, 0.1) is 0 Å². The summed E-state index contributed by atoms with van der Waals surface area (Å²) in [5.74, 6) is 1.01. The predicted molar refractivity (Wildman–Crippen MR) is 50.9 cm³/mol. The minimum Gasteiger partial charge on any atom is -0.304 e. The van der Waals surface area contributed by atoms with Gasteiger partial charge in [-0.05, 0) is 38.2 Å². The molecule has 0 rings (SSSR count). The van der Waals surface area contributed by atoms with Crippen molar-refractivity contribution in [3.8, 4) is 0 Å². The minimum atomic E-state index is 1.01. The lowest BCUT2D eigenvalue weighted by atomic mass is 10.3. The van der Waals surface area contributed by atoms with Crippen LogP contribution in [0.25, 0.3) is 0 Å². The molecule has 0 aliphatic carbocycles. The number of thiol groups is 1. The summed E-state index contributed by atoms with van der Waals surface area (Å²) in [5, 5.41) is 0. The van der Waals surface area contributed by atoms with Crippen molar-refractivity contribution in [1.29, 1.82) is 0 Å². The van der Waals surface area contributed by atoms with Gasteiger partial charge in [-0.1, -0.05) is 13.8 Å². The molecule has 0 aromatic rings. The normalized spacial score (nSPS) is 10.8. The van der Waals surface area contributed by atoms with Crippen LogP contribution in [0.15, 0.2) is 0 Å². The van der Waals surface area contributed by atoms with Crippen LogP contribution in [0.1, 0.15) is 26.7 Å². The number of hydrogen-bond acceptors (Lipinski definition) is 2. The number of nitrogens with zero attached hydrogens (tertiary/aromatic N) is 1.